The van der Waals surface area contributed by atoms with Crippen molar-refractivity contribution in [1.82, 2.24) is 0 Å². The van der Waals surface area contributed by atoms with E-state index in [1.54, 1.807) is 0 Å². The van der Waals surface area contributed by atoms with E-state index in [0.717, 1.165) is 12.3 Å². The second kappa shape index (κ2) is 4.76. The summed E-state index contributed by atoms with van der Waals surface area (Å²) >= 11 is 0. The molecule has 0 aromatic rings. The molecule has 1 atom stereocenters. The Hall–Kier alpha value is -0.0400. The number of aliphatic hydroxyl groups is 1. The fourth-order valence-corrected chi connectivity index (χ4v) is 2.22. The van der Waals surface area contributed by atoms with Crippen LogP contribution >= 0.6 is 0 Å². The predicted octanol–water partition coefficient (Wildman–Crippen LogP) is 2.59. The Morgan fingerprint density at radius 1 is 1.27 bits per heavy atom. The lowest BCUT2D eigenvalue weighted by Crippen LogP contribution is -2.20. The van der Waals surface area contributed by atoms with Crippen molar-refractivity contribution in [2.24, 2.45) is 11.8 Å². The van der Waals surface area contributed by atoms with E-state index in [-0.39, 0.29) is 0 Å². The molecule has 0 heterocycles. The lowest BCUT2D eigenvalue weighted by molar-refractivity contribution is 0.144. The summed E-state index contributed by atoms with van der Waals surface area (Å²) in [5, 5.41) is 9.08. The molecule has 0 radical (unpaired) electrons. The molecule has 0 aliphatic heterocycles. The molecule has 0 spiro atoms. The first-order valence-electron chi connectivity index (χ1n) is 4.99. The third-order valence-electron chi connectivity index (χ3n) is 3.08. The van der Waals surface area contributed by atoms with Crippen LogP contribution in [0, 0.1) is 11.8 Å². The molecule has 66 valence electrons. The zero-order valence-electron chi connectivity index (χ0n) is 7.55. The van der Waals surface area contributed by atoms with Crippen molar-refractivity contribution in [1.29, 1.82) is 0 Å². The lowest BCUT2D eigenvalue weighted by Gasteiger charge is -2.27. The Morgan fingerprint density at radius 3 is 2.36 bits per heavy atom. The highest BCUT2D eigenvalue weighted by molar-refractivity contribution is 4.72. The van der Waals surface area contributed by atoms with Crippen LogP contribution in [0.2, 0.25) is 0 Å². The van der Waals surface area contributed by atoms with Crippen molar-refractivity contribution < 1.29 is 5.11 Å². The Balaban J connectivity index is 2.30. The first kappa shape index (κ1) is 9.05. The summed E-state index contributed by atoms with van der Waals surface area (Å²) in [6.45, 7) is 2.59. The van der Waals surface area contributed by atoms with Gasteiger partial charge in [-0.05, 0) is 11.8 Å². The Morgan fingerprint density at radius 2 is 1.91 bits per heavy atom. The van der Waals surface area contributed by atoms with Crippen molar-refractivity contribution in [2.75, 3.05) is 6.61 Å². The lowest BCUT2D eigenvalue weighted by atomic mass is 9.79. The molecule has 0 bridgehead atoms. The molecule has 1 N–H and O–H groups in total. The van der Waals surface area contributed by atoms with E-state index in [2.05, 4.69) is 6.92 Å². The molecule has 1 fully saturated rings. The SMILES string of the molecule is CCC(CO)C1CCCCC1. The summed E-state index contributed by atoms with van der Waals surface area (Å²) in [6.07, 6.45) is 8.07. The summed E-state index contributed by atoms with van der Waals surface area (Å²) in [5.41, 5.74) is 0. The first-order chi connectivity index (χ1) is 5.38. The van der Waals surface area contributed by atoms with Gasteiger partial charge in [0.1, 0.15) is 0 Å². The summed E-state index contributed by atoms with van der Waals surface area (Å²) in [5.74, 6) is 1.43. The van der Waals surface area contributed by atoms with E-state index < -0.39 is 0 Å². The molecule has 1 rings (SSSR count). The van der Waals surface area contributed by atoms with E-state index >= 15 is 0 Å². The maximum Gasteiger partial charge on any atom is 0.0461 e. The highest BCUT2D eigenvalue weighted by Crippen LogP contribution is 2.31. The van der Waals surface area contributed by atoms with Crippen LogP contribution in [0.1, 0.15) is 45.4 Å². The fourth-order valence-electron chi connectivity index (χ4n) is 2.22. The molecule has 0 saturated heterocycles. The van der Waals surface area contributed by atoms with Gasteiger partial charge >= 0.3 is 0 Å². The van der Waals surface area contributed by atoms with Crippen LogP contribution in [0.25, 0.3) is 0 Å². The second-order valence-corrected chi connectivity index (χ2v) is 3.75. The van der Waals surface area contributed by atoms with Crippen LogP contribution in [-0.4, -0.2) is 11.7 Å². The van der Waals surface area contributed by atoms with Crippen molar-refractivity contribution in [2.45, 2.75) is 45.4 Å². The Labute approximate surface area is 69.8 Å². The second-order valence-electron chi connectivity index (χ2n) is 3.75. The third-order valence-corrected chi connectivity index (χ3v) is 3.08. The maximum absolute atomic E-state index is 9.08. The zero-order chi connectivity index (χ0) is 8.10. The average Bonchev–Trinajstić information content (AvgIpc) is 2.09. The average molecular weight is 156 g/mol. The highest BCUT2D eigenvalue weighted by Gasteiger charge is 2.20. The van der Waals surface area contributed by atoms with Gasteiger partial charge in [0.2, 0.25) is 0 Å². The van der Waals surface area contributed by atoms with Crippen LogP contribution < -0.4 is 0 Å². The van der Waals surface area contributed by atoms with Gasteiger partial charge in [0.25, 0.3) is 0 Å². The van der Waals surface area contributed by atoms with Gasteiger partial charge in [-0.3, -0.25) is 0 Å². The summed E-state index contributed by atoms with van der Waals surface area (Å²) in [6, 6.07) is 0. The molecule has 1 unspecified atom stereocenters. The summed E-state index contributed by atoms with van der Waals surface area (Å²) in [7, 11) is 0. The monoisotopic (exact) mass is 156 g/mol. The van der Waals surface area contributed by atoms with Gasteiger partial charge in [-0.15, -0.1) is 0 Å². The Kier molecular flexibility index (Phi) is 3.92. The zero-order valence-corrected chi connectivity index (χ0v) is 7.55. The first-order valence-corrected chi connectivity index (χ1v) is 4.99. The van der Waals surface area contributed by atoms with Crippen LogP contribution in [0.4, 0.5) is 0 Å². The van der Waals surface area contributed by atoms with E-state index in [9.17, 15) is 0 Å². The van der Waals surface area contributed by atoms with E-state index in [1.165, 1.54) is 32.1 Å². The van der Waals surface area contributed by atoms with Crippen molar-refractivity contribution >= 4 is 0 Å². The van der Waals surface area contributed by atoms with Crippen molar-refractivity contribution in [3.05, 3.63) is 0 Å². The third kappa shape index (κ3) is 2.48. The molecule has 1 aliphatic rings. The van der Waals surface area contributed by atoms with Crippen LogP contribution in [0.3, 0.4) is 0 Å². The normalized spacial score (nSPS) is 23.5. The van der Waals surface area contributed by atoms with Crippen LogP contribution in [0.5, 0.6) is 0 Å². The van der Waals surface area contributed by atoms with Gasteiger partial charge in [0.05, 0.1) is 0 Å². The maximum atomic E-state index is 9.08. The molecule has 11 heavy (non-hydrogen) atoms. The quantitative estimate of drug-likeness (QED) is 0.666. The molecule has 0 aromatic heterocycles. The van der Waals surface area contributed by atoms with Crippen molar-refractivity contribution in [3.63, 3.8) is 0 Å². The molecular formula is C10H20O. The van der Waals surface area contributed by atoms with Gasteiger partial charge < -0.3 is 5.11 Å². The molecule has 1 saturated carbocycles. The predicted molar refractivity (Wildman–Crippen MR) is 47.4 cm³/mol. The molecule has 1 heteroatoms. The van der Waals surface area contributed by atoms with Crippen LogP contribution in [-0.2, 0) is 0 Å². The molecule has 0 amide bonds. The Bertz CT molecular complexity index is 91.0. The van der Waals surface area contributed by atoms with Gasteiger partial charge in [-0.2, -0.15) is 0 Å². The fraction of sp³-hybridized carbons (Fsp3) is 1.00. The minimum atomic E-state index is 0.404. The minimum Gasteiger partial charge on any atom is -0.396 e. The van der Waals surface area contributed by atoms with Gasteiger partial charge in [-0.1, -0.05) is 45.4 Å². The standard InChI is InChI=1S/C10H20O/c1-2-9(8-11)10-6-4-3-5-7-10/h9-11H,2-8H2,1H3. The number of aliphatic hydroxyl groups excluding tert-OH is 1. The smallest absolute Gasteiger partial charge is 0.0461 e. The topological polar surface area (TPSA) is 20.2 Å². The largest absolute Gasteiger partial charge is 0.396 e. The van der Waals surface area contributed by atoms with E-state index in [1.807, 2.05) is 0 Å². The van der Waals surface area contributed by atoms with E-state index in [4.69, 9.17) is 5.11 Å². The van der Waals surface area contributed by atoms with Crippen LogP contribution in [0.15, 0.2) is 0 Å². The summed E-state index contributed by atoms with van der Waals surface area (Å²) < 4.78 is 0. The van der Waals surface area contributed by atoms with Gasteiger partial charge in [-0.25, -0.2) is 0 Å². The minimum absolute atomic E-state index is 0.404. The molecule has 1 aliphatic carbocycles. The molecule has 0 aromatic carbocycles. The molecule has 1 nitrogen and oxygen atoms in total. The van der Waals surface area contributed by atoms with Gasteiger partial charge in [0, 0.05) is 6.61 Å². The number of hydrogen-bond donors (Lipinski definition) is 1. The molecular weight excluding hydrogens is 136 g/mol. The summed E-state index contributed by atoms with van der Waals surface area (Å²) in [4.78, 5) is 0. The highest BCUT2D eigenvalue weighted by atomic mass is 16.3. The number of rotatable bonds is 3. The number of hydrogen-bond acceptors (Lipinski definition) is 1. The van der Waals surface area contributed by atoms with Crippen molar-refractivity contribution in [3.8, 4) is 0 Å². The van der Waals surface area contributed by atoms with E-state index in [0.29, 0.717) is 12.5 Å². The van der Waals surface area contributed by atoms with Gasteiger partial charge in [0.15, 0.2) is 0 Å².